The van der Waals surface area contributed by atoms with Crippen LogP contribution in [0.15, 0.2) is 73.3 Å². The van der Waals surface area contributed by atoms with Gasteiger partial charge in [0, 0.05) is 5.56 Å². The highest BCUT2D eigenvalue weighted by atomic mass is 16.3. The van der Waals surface area contributed by atoms with Crippen LogP contribution < -0.4 is 5.73 Å². The van der Waals surface area contributed by atoms with Crippen LogP contribution in [0.2, 0.25) is 0 Å². The number of rotatable bonds is 4. The van der Waals surface area contributed by atoms with Gasteiger partial charge in [0.05, 0.1) is 0 Å². The second-order valence-electron chi connectivity index (χ2n) is 4.15. The molecule has 0 spiro atoms. The van der Waals surface area contributed by atoms with Crippen molar-refractivity contribution in [3.8, 4) is 0 Å². The summed E-state index contributed by atoms with van der Waals surface area (Å²) in [6, 6.07) is 17.7. The van der Waals surface area contributed by atoms with Gasteiger partial charge in [-0.1, -0.05) is 67.2 Å². The summed E-state index contributed by atoms with van der Waals surface area (Å²) in [6.45, 7) is 3.09. The number of nitrogens with two attached hydrogens (primary N) is 1. The van der Waals surface area contributed by atoms with E-state index in [-0.39, 0.29) is 5.78 Å². The second kappa shape index (κ2) is 8.45. The monoisotopic (exact) mass is 283 g/mol. The van der Waals surface area contributed by atoms with Crippen molar-refractivity contribution in [2.45, 2.75) is 6.10 Å². The Morgan fingerprint density at radius 2 is 1.43 bits per heavy atom. The van der Waals surface area contributed by atoms with Gasteiger partial charge >= 0.3 is 0 Å². The zero-order valence-electron chi connectivity index (χ0n) is 11.5. The number of hydrogen-bond acceptors (Lipinski definition) is 3. The van der Waals surface area contributed by atoms with E-state index < -0.39 is 12.0 Å². The highest BCUT2D eigenvalue weighted by Gasteiger charge is 2.18. The Morgan fingerprint density at radius 1 is 1.00 bits per heavy atom. The van der Waals surface area contributed by atoms with E-state index in [4.69, 9.17) is 0 Å². The summed E-state index contributed by atoms with van der Waals surface area (Å²) in [5, 5.41) is 9.89. The first-order chi connectivity index (χ1) is 10.1. The van der Waals surface area contributed by atoms with Crippen molar-refractivity contribution < 1.29 is 14.7 Å². The van der Waals surface area contributed by atoms with Crippen LogP contribution in [0, 0.1) is 0 Å². The van der Waals surface area contributed by atoms with E-state index in [2.05, 4.69) is 12.3 Å². The Kier molecular flexibility index (Phi) is 6.57. The minimum atomic E-state index is -1.08. The molecule has 4 nitrogen and oxygen atoms in total. The number of aliphatic hydroxyl groups is 1. The highest BCUT2D eigenvalue weighted by Crippen LogP contribution is 2.17. The molecule has 0 aliphatic heterocycles. The number of carbonyl (C=O) groups excluding carboxylic acids is 2. The Balaban J connectivity index is 0.000000383. The average molecular weight is 283 g/mol. The summed E-state index contributed by atoms with van der Waals surface area (Å²) in [6.07, 6.45) is -0.0244. The zero-order chi connectivity index (χ0) is 15.7. The van der Waals surface area contributed by atoms with Gasteiger partial charge in [-0.15, -0.1) is 0 Å². The van der Waals surface area contributed by atoms with Gasteiger partial charge in [-0.25, -0.2) is 0 Å². The van der Waals surface area contributed by atoms with Crippen molar-refractivity contribution in [2.24, 2.45) is 5.73 Å². The van der Waals surface area contributed by atoms with E-state index >= 15 is 0 Å². The molecule has 21 heavy (non-hydrogen) atoms. The van der Waals surface area contributed by atoms with Crippen LogP contribution in [-0.2, 0) is 4.79 Å². The lowest BCUT2D eigenvalue weighted by molar-refractivity contribution is -0.113. The molecule has 0 saturated heterocycles. The molecule has 1 amide bonds. The molecule has 0 radical (unpaired) electrons. The van der Waals surface area contributed by atoms with Gasteiger partial charge in [0.15, 0.2) is 5.78 Å². The molecule has 0 heterocycles. The molecular weight excluding hydrogens is 266 g/mol. The molecule has 2 aromatic rings. The minimum absolute atomic E-state index is 0.271. The summed E-state index contributed by atoms with van der Waals surface area (Å²) < 4.78 is 0. The summed E-state index contributed by atoms with van der Waals surface area (Å²) >= 11 is 0. The molecule has 0 fully saturated rings. The van der Waals surface area contributed by atoms with Crippen molar-refractivity contribution in [2.75, 3.05) is 0 Å². The van der Waals surface area contributed by atoms with Crippen molar-refractivity contribution in [1.29, 1.82) is 0 Å². The SMILES string of the molecule is C=CC(N)=O.O=C(c1ccccc1)C(O)c1ccccc1. The van der Waals surface area contributed by atoms with E-state index in [1.165, 1.54) is 0 Å². The molecule has 1 atom stereocenters. The summed E-state index contributed by atoms with van der Waals surface area (Å²) in [5.41, 5.74) is 5.68. The van der Waals surface area contributed by atoms with Crippen molar-refractivity contribution in [3.63, 3.8) is 0 Å². The van der Waals surface area contributed by atoms with Crippen LogP contribution in [0.3, 0.4) is 0 Å². The maximum absolute atomic E-state index is 11.9. The second-order valence-corrected chi connectivity index (χ2v) is 4.15. The van der Waals surface area contributed by atoms with E-state index in [1.807, 2.05) is 12.1 Å². The molecule has 0 bridgehead atoms. The predicted octanol–water partition coefficient (Wildman–Crippen LogP) is 2.26. The van der Waals surface area contributed by atoms with E-state index in [1.54, 1.807) is 48.5 Å². The van der Waals surface area contributed by atoms with Crippen molar-refractivity contribution >= 4 is 11.7 Å². The van der Waals surface area contributed by atoms with Crippen molar-refractivity contribution in [1.82, 2.24) is 0 Å². The van der Waals surface area contributed by atoms with Crippen molar-refractivity contribution in [3.05, 3.63) is 84.4 Å². The summed E-state index contributed by atoms with van der Waals surface area (Å²) in [7, 11) is 0. The Hall–Kier alpha value is -2.72. The fourth-order valence-electron chi connectivity index (χ4n) is 1.55. The maximum atomic E-state index is 11.9. The lowest BCUT2D eigenvalue weighted by Crippen LogP contribution is -2.11. The summed E-state index contributed by atoms with van der Waals surface area (Å²) in [4.78, 5) is 21.4. The number of primary amides is 1. The number of hydrogen-bond donors (Lipinski definition) is 2. The molecule has 4 heteroatoms. The standard InChI is InChI=1S/C14H12O2.C3H5NO/c15-13(11-7-3-1-4-8-11)14(16)12-9-5-2-6-10-12;1-2-3(4)5/h1-10,13,15H;2H,1H2,(H2,4,5). The number of Topliss-reactive ketones (excluding diaryl/α,β-unsaturated/α-hetero) is 1. The molecule has 0 saturated carbocycles. The van der Waals surface area contributed by atoms with Crippen LogP contribution in [0.25, 0.3) is 0 Å². The smallest absolute Gasteiger partial charge is 0.240 e. The highest BCUT2D eigenvalue weighted by molar-refractivity contribution is 5.99. The third kappa shape index (κ3) is 5.42. The first-order valence-corrected chi connectivity index (χ1v) is 6.30. The minimum Gasteiger partial charge on any atom is -0.380 e. The Morgan fingerprint density at radius 3 is 1.86 bits per heavy atom. The number of carbonyl (C=O) groups is 2. The molecule has 3 N–H and O–H groups in total. The molecule has 1 unspecified atom stereocenters. The lowest BCUT2D eigenvalue weighted by atomic mass is 10.0. The van der Waals surface area contributed by atoms with Crippen LogP contribution in [0.4, 0.5) is 0 Å². The van der Waals surface area contributed by atoms with E-state index in [0.717, 1.165) is 6.08 Å². The zero-order valence-corrected chi connectivity index (χ0v) is 11.5. The lowest BCUT2D eigenvalue weighted by Gasteiger charge is -2.09. The van der Waals surface area contributed by atoms with Gasteiger partial charge in [-0.3, -0.25) is 9.59 Å². The number of amides is 1. The molecule has 0 aliphatic rings. The van der Waals surface area contributed by atoms with Gasteiger partial charge in [-0.05, 0) is 11.6 Å². The molecule has 2 aromatic carbocycles. The largest absolute Gasteiger partial charge is 0.380 e. The molecule has 108 valence electrons. The van der Waals surface area contributed by atoms with Gasteiger partial charge in [0.25, 0.3) is 0 Å². The van der Waals surface area contributed by atoms with Crippen LogP contribution >= 0.6 is 0 Å². The molecule has 2 rings (SSSR count). The van der Waals surface area contributed by atoms with Gasteiger partial charge in [0.1, 0.15) is 6.10 Å². The molecule has 0 aliphatic carbocycles. The molecule has 0 aromatic heterocycles. The van der Waals surface area contributed by atoms with E-state index in [9.17, 15) is 14.7 Å². The Bertz CT molecular complexity index is 594. The maximum Gasteiger partial charge on any atom is 0.240 e. The van der Waals surface area contributed by atoms with Crippen LogP contribution in [0.1, 0.15) is 22.0 Å². The molecular formula is C17H17NO3. The topological polar surface area (TPSA) is 80.4 Å². The van der Waals surface area contributed by atoms with Crippen LogP contribution in [-0.4, -0.2) is 16.8 Å². The summed E-state index contributed by atoms with van der Waals surface area (Å²) in [5.74, 6) is -0.753. The fourth-order valence-corrected chi connectivity index (χ4v) is 1.55. The predicted molar refractivity (Wildman–Crippen MR) is 81.6 cm³/mol. The third-order valence-corrected chi connectivity index (χ3v) is 2.62. The number of aliphatic hydroxyl groups excluding tert-OH is 1. The number of benzene rings is 2. The van der Waals surface area contributed by atoms with Gasteiger partial charge in [-0.2, -0.15) is 0 Å². The fraction of sp³-hybridized carbons (Fsp3) is 0.0588. The van der Waals surface area contributed by atoms with E-state index in [0.29, 0.717) is 11.1 Å². The van der Waals surface area contributed by atoms with Gasteiger partial charge in [0.2, 0.25) is 5.91 Å². The quantitative estimate of drug-likeness (QED) is 0.667. The third-order valence-electron chi connectivity index (χ3n) is 2.62. The van der Waals surface area contributed by atoms with Gasteiger partial charge < -0.3 is 10.8 Å². The first-order valence-electron chi connectivity index (χ1n) is 6.30. The van der Waals surface area contributed by atoms with Crippen LogP contribution in [0.5, 0.6) is 0 Å². The normalized spacial score (nSPS) is 10.7. The Labute approximate surface area is 123 Å². The number of ketones is 1. The average Bonchev–Trinajstić information content (AvgIpc) is 2.55. The first kappa shape index (κ1) is 16.3.